The fourth-order valence-corrected chi connectivity index (χ4v) is 2.67. The summed E-state index contributed by atoms with van der Waals surface area (Å²) in [5.74, 6) is 0.206. The lowest BCUT2D eigenvalue weighted by molar-refractivity contribution is -0.143. The molecule has 2 N–H and O–H groups in total. The molecular weight excluding hydrogens is 228 g/mol. The molecular formula is C14H28N2O2. The van der Waals surface area contributed by atoms with Crippen molar-refractivity contribution in [3.8, 4) is 0 Å². The lowest BCUT2D eigenvalue weighted by Crippen LogP contribution is -2.48. The summed E-state index contributed by atoms with van der Waals surface area (Å²) in [6.45, 7) is 5.73. The van der Waals surface area contributed by atoms with E-state index in [1.54, 1.807) is 4.90 Å². The first-order chi connectivity index (χ1) is 8.52. The normalized spacial score (nSPS) is 18.9. The Hall–Kier alpha value is -0.610. The highest BCUT2D eigenvalue weighted by atomic mass is 16.5. The van der Waals surface area contributed by atoms with E-state index >= 15 is 0 Å². The summed E-state index contributed by atoms with van der Waals surface area (Å²) in [4.78, 5) is 14.3. The van der Waals surface area contributed by atoms with Crippen molar-refractivity contribution in [2.75, 3.05) is 26.7 Å². The Morgan fingerprint density at radius 2 is 1.94 bits per heavy atom. The highest BCUT2D eigenvalue weighted by Crippen LogP contribution is 2.36. The summed E-state index contributed by atoms with van der Waals surface area (Å²) in [6.07, 6.45) is 5.58. The van der Waals surface area contributed by atoms with Crippen molar-refractivity contribution in [1.82, 2.24) is 4.90 Å². The summed E-state index contributed by atoms with van der Waals surface area (Å²) in [5.41, 5.74) is 5.57. The average molecular weight is 256 g/mol. The predicted octanol–water partition coefficient (Wildman–Crippen LogP) is 1.78. The number of carbonyl (C=O) groups is 1. The summed E-state index contributed by atoms with van der Waals surface area (Å²) in [5, 5.41) is 0. The molecule has 0 spiro atoms. The minimum atomic E-state index is -0.301. The first-order valence-electron chi connectivity index (χ1n) is 7.09. The first-order valence-corrected chi connectivity index (χ1v) is 7.09. The van der Waals surface area contributed by atoms with Crippen molar-refractivity contribution in [3.05, 3.63) is 0 Å². The second-order valence-electron chi connectivity index (χ2n) is 5.69. The fraction of sp³-hybridized carbons (Fsp3) is 0.929. The van der Waals surface area contributed by atoms with Crippen LogP contribution in [-0.4, -0.2) is 43.7 Å². The fourth-order valence-electron chi connectivity index (χ4n) is 2.67. The number of nitrogens with zero attached hydrogens (tertiary/aromatic N) is 1. The van der Waals surface area contributed by atoms with Crippen LogP contribution in [0.5, 0.6) is 0 Å². The number of likely N-dealkylation sites (N-methyl/N-ethyl adjacent to an activating group) is 1. The maximum atomic E-state index is 12.5. The van der Waals surface area contributed by atoms with E-state index < -0.39 is 0 Å². The Balaban J connectivity index is 2.49. The molecule has 1 rings (SSSR count). The van der Waals surface area contributed by atoms with Gasteiger partial charge in [-0.05, 0) is 26.7 Å². The van der Waals surface area contributed by atoms with Gasteiger partial charge >= 0.3 is 0 Å². The van der Waals surface area contributed by atoms with Crippen LogP contribution in [0.15, 0.2) is 0 Å². The van der Waals surface area contributed by atoms with Crippen molar-refractivity contribution in [1.29, 1.82) is 0 Å². The van der Waals surface area contributed by atoms with Crippen LogP contribution < -0.4 is 5.73 Å². The molecule has 0 heterocycles. The van der Waals surface area contributed by atoms with Gasteiger partial charge in [-0.3, -0.25) is 4.79 Å². The van der Waals surface area contributed by atoms with Crippen LogP contribution in [-0.2, 0) is 9.53 Å². The van der Waals surface area contributed by atoms with Crippen molar-refractivity contribution >= 4 is 5.91 Å². The molecule has 4 nitrogen and oxygen atoms in total. The van der Waals surface area contributed by atoms with Crippen LogP contribution in [0.25, 0.3) is 0 Å². The highest BCUT2D eigenvalue weighted by molar-refractivity contribution is 5.82. The maximum Gasteiger partial charge on any atom is 0.229 e. The SMILES string of the molecule is CC(C)OCCN(C)C(=O)C1(CN)CCCCC1. The van der Waals surface area contributed by atoms with Crippen LogP contribution in [0.4, 0.5) is 0 Å². The van der Waals surface area contributed by atoms with Crippen LogP contribution in [0, 0.1) is 5.41 Å². The number of nitrogens with two attached hydrogens (primary N) is 1. The molecule has 1 amide bonds. The third-order valence-electron chi connectivity index (χ3n) is 3.88. The number of hydrogen-bond acceptors (Lipinski definition) is 3. The Kier molecular flexibility index (Phi) is 6.09. The molecule has 0 aromatic rings. The summed E-state index contributed by atoms with van der Waals surface area (Å²) < 4.78 is 5.49. The third-order valence-corrected chi connectivity index (χ3v) is 3.88. The number of amides is 1. The summed E-state index contributed by atoms with van der Waals surface area (Å²) >= 11 is 0. The molecule has 0 bridgehead atoms. The van der Waals surface area contributed by atoms with Crippen LogP contribution >= 0.6 is 0 Å². The molecule has 0 aromatic heterocycles. The third kappa shape index (κ3) is 3.95. The molecule has 0 saturated heterocycles. The van der Waals surface area contributed by atoms with Crippen molar-refractivity contribution in [2.24, 2.45) is 11.1 Å². The van der Waals surface area contributed by atoms with Gasteiger partial charge in [-0.2, -0.15) is 0 Å². The number of rotatable bonds is 6. The Morgan fingerprint density at radius 1 is 1.33 bits per heavy atom. The van der Waals surface area contributed by atoms with Crippen molar-refractivity contribution in [3.63, 3.8) is 0 Å². The molecule has 1 aliphatic rings. The van der Waals surface area contributed by atoms with Gasteiger partial charge in [0.05, 0.1) is 18.1 Å². The Morgan fingerprint density at radius 3 is 2.44 bits per heavy atom. The van der Waals surface area contributed by atoms with Gasteiger partial charge < -0.3 is 15.4 Å². The molecule has 1 fully saturated rings. The predicted molar refractivity (Wildman–Crippen MR) is 73.3 cm³/mol. The monoisotopic (exact) mass is 256 g/mol. The van der Waals surface area contributed by atoms with E-state index in [9.17, 15) is 4.79 Å². The molecule has 0 atom stereocenters. The smallest absolute Gasteiger partial charge is 0.229 e. The summed E-state index contributed by atoms with van der Waals surface area (Å²) in [7, 11) is 1.86. The van der Waals surface area contributed by atoms with E-state index in [2.05, 4.69) is 0 Å². The van der Waals surface area contributed by atoms with Crippen LogP contribution in [0.2, 0.25) is 0 Å². The number of ether oxygens (including phenoxy) is 1. The van der Waals surface area contributed by atoms with Gasteiger partial charge in [0.25, 0.3) is 0 Å². The standard InChI is InChI=1S/C14H28N2O2/c1-12(2)18-10-9-16(3)13(17)14(11-15)7-5-4-6-8-14/h12H,4-11,15H2,1-3H3. The average Bonchev–Trinajstić information content (AvgIpc) is 2.38. The highest BCUT2D eigenvalue weighted by Gasteiger charge is 2.39. The zero-order chi connectivity index (χ0) is 13.6. The molecule has 1 saturated carbocycles. The lowest BCUT2D eigenvalue weighted by atomic mass is 9.73. The molecule has 0 aromatic carbocycles. The Bertz CT molecular complexity index is 261. The van der Waals surface area contributed by atoms with Crippen LogP contribution in [0.3, 0.4) is 0 Å². The molecule has 4 heteroatoms. The second kappa shape index (κ2) is 7.10. The van der Waals surface area contributed by atoms with Crippen molar-refractivity contribution in [2.45, 2.75) is 52.1 Å². The topological polar surface area (TPSA) is 55.6 Å². The minimum absolute atomic E-state index is 0.206. The van der Waals surface area contributed by atoms with E-state index in [0.29, 0.717) is 19.7 Å². The second-order valence-corrected chi connectivity index (χ2v) is 5.69. The summed E-state index contributed by atoms with van der Waals surface area (Å²) in [6, 6.07) is 0. The number of carbonyl (C=O) groups excluding carboxylic acids is 1. The Labute approximate surface area is 111 Å². The minimum Gasteiger partial charge on any atom is -0.377 e. The van der Waals surface area contributed by atoms with Gasteiger partial charge in [0.15, 0.2) is 0 Å². The van der Waals surface area contributed by atoms with Gasteiger partial charge in [0.2, 0.25) is 5.91 Å². The van der Waals surface area contributed by atoms with E-state index in [-0.39, 0.29) is 17.4 Å². The van der Waals surface area contributed by atoms with Gasteiger partial charge in [-0.25, -0.2) is 0 Å². The largest absolute Gasteiger partial charge is 0.377 e. The molecule has 106 valence electrons. The van der Waals surface area contributed by atoms with Gasteiger partial charge in [0, 0.05) is 20.1 Å². The zero-order valence-electron chi connectivity index (χ0n) is 12.1. The van der Waals surface area contributed by atoms with Gasteiger partial charge in [0.1, 0.15) is 0 Å². The zero-order valence-corrected chi connectivity index (χ0v) is 12.1. The van der Waals surface area contributed by atoms with Crippen molar-refractivity contribution < 1.29 is 9.53 Å². The quantitative estimate of drug-likeness (QED) is 0.788. The van der Waals surface area contributed by atoms with E-state index in [4.69, 9.17) is 10.5 Å². The number of hydrogen-bond donors (Lipinski definition) is 1. The lowest BCUT2D eigenvalue weighted by Gasteiger charge is -2.37. The maximum absolute atomic E-state index is 12.5. The van der Waals surface area contributed by atoms with E-state index in [1.807, 2.05) is 20.9 Å². The first kappa shape index (κ1) is 15.4. The van der Waals surface area contributed by atoms with Gasteiger partial charge in [-0.15, -0.1) is 0 Å². The van der Waals surface area contributed by atoms with Crippen LogP contribution in [0.1, 0.15) is 46.0 Å². The molecule has 18 heavy (non-hydrogen) atoms. The molecule has 0 unspecified atom stereocenters. The van der Waals surface area contributed by atoms with Gasteiger partial charge in [-0.1, -0.05) is 19.3 Å². The molecule has 0 aliphatic heterocycles. The molecule has 1 aliphatic carbocycles. The van der Waals surface area contributed by atoms with E-state index in [0.717, 1.165) is 25.7 Å². The van der Waals surface area contributed by atoms with E-state index in [1.165, 1.54) is 6.42 Å². The molecule has 0 radical (unpaired) electrons.